The summed E-state index contributed by atoms with van der Waals surface area (Å²) < 4.78 is 37.8. The zero-order chi connectivity index (χ0) is 16.3. The number of alkyl halides is 3. The van der Waals surface area contributed by atoms with Crippen LogP contribution in [0.2, 0.25) is 0 Å². The summed E-state index contributed by atoms with van der Waals surface area (Å²) >= 11 is 0. The van der Waals surface area contributed by atoms with Crippen LogP contribution < -0.4 is 11.1 Å². The van der Waals surface area contributed by atoms with Crippen LogP contribution in [0.15, 0.2) is 24.3 Å². The first-order valence-electron chi connectivity index (χ1n) is 6.48. The second-order valence-corrected chi connectivity index (χ2v) is 5.28. The van der Waals surface area contributed by atoms with Crippen LogP contribution in [0.3, 0.4) is 0 Å². The summed E-state index contributed by atoms with van der Waals surface area (Å²) in [7, 11) is 0. The SMILES string of the molecule is CC(CCc1ccc(O)cc1)NC(=O)C(C)(N)C(F)(F)F. The van der Waals surface area contributed by atoms with Crippen molar-refractivity contribution in [3.8, 4) is 5.75 Å². The lowest BCUT2D eigenvalue weighted by Crippen LogP contribution is -2.62. The molecule has 1 amide bonds. The van der Waals surface area contributed by atoms with Crippen molar-refractivity contribution in [2.24, 2.45) is 5.73 Å². The maximum atomic E-state index is 12.6. The van der Waals surface area contributed by atoms with Crippen molar-refractivity contribution in [1.29, 1.82) is 0 Å². The number of carbonyl (C=O) groups is 1. The highest BCUT2D eigenvalue weighted by molar-refractivity contribution is 5.86. The molecule has 4 N–H and O–H groups in total. The fourth-order valence-corrected chi connectivity index (χ4v) is 1.62. The highest BCUT2D eigenvalue weighted by Crippen LogP contribution is 2.28. The Kier molecular flexibility index (Phi) is 5.22. The molecule has 1 aromatic rings. The third-order valence-electron chi connectivity index (χ3n) is 3.24. The zero-order valence-corrected chi connectivity index (χ0v) is 11.9. The molecule has 0 fully saturated rings. The smallest absolute Gasteiger partial charge is 0.415 e. The van der Waals surface area contributed by atoms with Crippen LogP contribution in [0, 0.1) is 0 Å². The lowest BCUT2D eigenvalue weighted by atomic mass is 10.0. The van der Waals surface area contributed by atoms with Gasteiger partial charge in [0, 0.05) is 6.04 Å². The monoisotopic (exact) mass is 304 g/mol. The molecule has 7 heteroatoms. The molecule has 118 valence electrons. The first-order chi connectivity index (χ1) is 9.54. The van der Waals surface area contributed by atoms with Crippen molar-refractivity contribution in [3.05, 3.63) is 29.8 Å². The Labute approximate surface area is 121 Å². The normalized spacial score (nSPS) is 16.1. The van der Waals surface area contributed by atoms with Crippen LogP contribution in [-0.4, -0.2) is 28.8 Å². The number of aromatic hydroxyl groups is 1. The number of phenolic OH excluding ortho intramolecular Hbond substituents is 1. The molecule has 0 aliphatic rings. The average molecular weight is 304 g/mol. The van der Waals surface area contributed by atoms with Crippen molar-refractivity contribution in [1.82, 2.24) is 5.32 Å². The van der Waals surface area contributed by atoms with E-state index in [1.165, 1.54) is 12.1 Å². The van der Waals surface area contributed by atoms with E-state index in [-0.39, 0.29) is 5.75 Å². The number of phenols is 1. The second kappa shape index (κ2) is 6.34. The molecule has 0 aliphatic carbocycles. The van der Waals surface area contributed by atoms with Crippen LogP contribution in [0.25, 0.3) is 0 Å². The van der Waals surface area contributed by atoms with E-state index in [1.54, 1.807) is 19.1 Å². The third-order valence-corrected chi connectivity index (χ3v) is 3.24. The number of rotatable bonds is 5. The molecule has 0 saturated heterocycles. The van der Waals surface area contributed by atoms with Crippen LogP contribution >= 0.6 is 0 Å². The van der Waals surface area contributed by atoms with Gasteiger partial charge < -0.3 is 16.2 Å². The summed E-state index contributed by atoms with van der Waals surface area (Å²) in [6.07, 6.45) is -3.77. The van der Waals surface area contributed by atoms with Gasteiger partial charge in [0.15, 0.2) is 5.54 Å². The first kappa shape index (κ1) is 17.3. The van der Waals surface area contributed by atoms with Gasteiger partial charge in [0.05, 0.1) is 0 Å². The van der Waals surface area contributed by atoms with E-state index in [0.29, 0.717) is 19.8 Å². The number of aryl methyl sites for hydroxylation is 1. The summed E-state index contributed by atoms with van der Waals surface area (Å²) in [5, 5.41) is 11.4. The quantitative estimate of drug-likeness (QED) is 0.780. The van der Waals surface area contributed by atoms with E-state index in [0.717, 1.165) is 5.56 Å². The first-order valence-corrected chi connectivity index (χ1v) is 6.48. The van der Waals surface area contributed by atoms with Gasteiger partial charge in [0.25, 0.3) is 0 Å². The van der Waals surface area contributed by atoms with Crippen molar-refractivity contribution in [2.75, 3.05) is 0 Å². The Balaban J connectivity index is 2.52. The summed E-state index contributed by atoms with van der Waals surface area (Å²) in [6.45, 7) is 2.26. The highest BCUT2D eigenvalue weighted by Gasteiger charge is 2.54. The Morgan fingerprint density at radius 1 is 1.33 bits per heavy atom. The van der Waals surface area contributed by atoms with E-state index in [9.17, 15) is 18.0 Å². The van der Waals surface area contributed by atoms with Gasteiger partial charge in [-0.15, -0.1) is 0 Å². The minimum absolute atomic E-state index is 0.143. The van der Waals surface area contributed by atoms with Crippen molar-refractivity contribution >= 4 is 5.91 Å². The number of carbonyl (C=O) groups excluding carboxylic acids is 1. The molecule has 0 spiro atoms. The molecular formula is C14H19F3N2O2. The van der Waals surface area contributed by atoms with E-state index in [2.05, 4.69) is 5.32 Å². The number of amides is 1. The number of nitrogens with two attached hydrogens (primary N) is 1. The minimum Gasteiger partial charge on any atom is -0.508 e. The number of hydrogen-bond donors (Lipinski definition) is 3. The molecule has 2 atom stereocenters. The molecule has 0 bridgehead atoms. The molecule has 0 radical (unpaired) electrons. The molecule has 0 saturated carbocycles. The second-order valence-electron chi connectivity index (χ2n) is 5.28. The van der Waals surface area contributed by atoms with E-state index >= 15 is 0 Å². The molecule has 0 aromatic heterocycles. The number of halogens is 3. The van der Waals surface area contributed by atoms with Crippen LogP contribution in [-0.2, 0) is 11.2 Å². The van der Waals surface area contributed by atoms with Gasteiger partial charge in [0.2, 0.25) is 5.91 Å². The van der Waals surface area contributed by atoms with Crippen LogP contribution in [0.1, 0.15) is 25.8 Å². The number of nitrogens with one attached hydrogen (secondary N) is 1. The fraction of sp³-hybridized carbons (Fsp3) is 0.500. The van der Waals surface area contributed by atoms with E-state index < -0.39 is 23.7 Å². The lowest BCUT2D eigenvalue weighted by molar-refractivity contribution is -0.187. The molecule has 4 nitrogen and oxygen atoms in total. The van der Waals surface area contributed by atoms with Crippen molar-refractivity contribution in [2.45, 2.75) is 44.4 Å². The summed E-state index contributed by atoms with van der Waals surface area (Å²) in [4.78, 5) is 11.6. The average Bonchev–Trinajstić information content (AvgIpc) is 2.36. The van der Waals surface area contributed by atoms with Crippen LogP contribution in [0.5, 0.6) is 5.75 Å². The Bertz CT molecular complexity index is 484. The molecule has 1 aromatic carbocycles. The molecular weight excluding hydrogens is 285 g/mol. The molecule has 0 heterocycles. The van der Waals surface area contributed by atoms with Gasteiger partial charge in [-0.05, 0) is 44.4 Å². The zero-order valence-electron chi connectivity index (χ0n) is 11.9. The van der Waals surface area contributed by atoms with Gasteiger partial charge in [-0.1, -0.05) is 12.1 Å². The lowest BCUT2D eigenvalue weighted by Gasteiger charge is -2.28. The number of hydrogen-bond acceptors (Lipinski definition) is 3. The Hall–Kier alpha value is -1.76. The number of benzene rings is 1. The predicted molar refractivity (Wildman–Crippen MR) is 72.7 cm³/mol. The van der Waals surface area contributed by atoms with Gasteiger partial charge in [-0.2, -0.15) is 13.2 Å². The van der Waals surface area contributed by atoms with Crippen molar-refractivity contribution in [3.63, 3.8) is 0 Å². The topological polar surface area (TPSA) is 75.3 Å². The molecule has 1 rings (SSSR count). The van der Waals surface area contributed by atoms with Gasteiger partial charge in [-0.3, -0.25) is 4.79 Å². The van der Waals surface area contributed by atoms with Gasteiger partial charge in [0.1, 0.15) is 5.75 Å². The van der Waals surface area contributed by atoms with Crippen LogP contribution in [0.4, 0.5) is 13.2 Å². The Morgan fingerprint density at radius 3 is 2.33 bits per heavy atom. The highest BCUT2D eigenvalue weighted by atomic mass is 19.4. The summed E-state index contributed by atoms with van der Waals surface area (Å²) in [5.41, 5.74) is 3.06. The molecule has 2 unspecified atom stereocenters. The molecule has 0 aliphatic heterocycles. The maximum absolute atomic E-state index is 12.6. The van der Waals surface area contributed by atoms with E-state index in [1.807, 2.05) is 0 Å². The molecule has 21 heavy (non-hydrogen) atoms. The summed E-state index contributed by atoms with van der Waals surface area (Å²) in [5.74, 6) is -1.10. The third kappa shape index (κ3) is 4.63. The minimum atomic E-state index is -4.80. The Morgan fingerprint density at radius 2 is 1.86 bits per heavy atom. The largest absolute Gasteiger partial charge is 0.508 e. The van der Waals surface area contributed by atoms with Gasteiger partial charge in [-0.25, -0.2) is 0 Å². The predicted octanol–water partition coefficient (Wildman–Crippen LogP) is 2.11. The summed E-state index contributed by atoms with van der Waals surface area (Å²) in [6, 6.07) is 6.04. The van der Waals surface area contributed by atoms with Gasteiger partial charge >= 0.3 is 6.18 Å². The fourth-order valence-electron chi connectivity index (χ4n) is 1.62. The van der Waals surface area contributed by atoms with E-state index in [4.69, 9.17) is 10.8 Å². The van der Waals surface area contributed by atoms with Crippen molar-refractivity contribution < 1.29 is 23.1 Å². The standard InChI is InChI=1S/C14H19F3N2O2/c1-9(3-4-10-5-7-11(20)8-6-10)19-12(21)13(2,18)14(15,16)17/h5-9,20H,3-4,18H2,1-2H3,(H,19,21). The maximum Gasteiger partial charge on any atom is 0.415 e.